The highest BCUT2D eigenvalue weighted by molar-refractivity contribution is 14.1. The summed E-state index contributed by atoms with van der Waals surface area (Å²) in [7, 11) is 0. The number of halogens is 4. The van der Waals surface area contributed by atoms with Gasteiger partial charge in [0.1, 0.15) is 24.5 Å². The molecular weight excluding hydrogens is 380 g/mol. The first-order chi connectivity index (χ1) is 8.79. The van der Waals surface area contributed by atoms with Crippen molar-refractivity contribution in [1.29, 1.82) is 0 Å². The van der Waals surface area contributed by atoms with E-state index in [1.165, 1.54) is 12.1 Å². The summed E-state index contributed by atoms with van der Waals surface area (Å²) in [5, 5.41) is 8.94. The zero-order chi connectivity index (χ0) is 14.5. The summed E-state index contributed by atoms with van der Waals surface area (Å²) < 4.78 is 45.5. The number of hydrogen-bond donors (Lipinski definition) is 1. The molecule has 0 atom stereocenters. The Kier molecular flexibility index (Phi) is 5.85. The maximum Gasteiger partial charge on any atom is 0.411 e. The van der Waals surface area contributed by atoms with E-state index in [2.05, 4.69) is 4.74 Å². The minimum absolute atomic E-state index is 0.0391. The normalized spacial score (nSPS) is 11.4. The van der Waals surface area contributed by atoms with Crippen LogP contribution >= 0.6 is 22.6 Å². The second kappa shape index (κ2) is 6.94. The molecule has 0 radical (unpaired) electrons. The highest BCUT2D eigenvalue weighted by atomic mass is 127. The van der Waals surface area contributed by atoms with Crippen LogP contribution in [0.5, 0.6) is 5.75 Å². The third kappa shape index (κ3) is 6.10. The SMILES string of the molecule is O=C(O)c1cc(I)ccc1OCCOCC(F)(F)F. The second-order valence-electron chi connectivity index (χ2n) is 3.46. The summed E-state index contributed by atoms with van der Waals surface area (Å²) in [5.74, 6) is -1.06. The van der Waals surface area contributed by atoms with Gasteiger partial charge in [-0.1, -0.05) is 0 Å². The molecule has 4 nitrogen and oxygen atoms in total. The molecule has 0 spiro atoms. The van der Waals surface area contributed by atoms with Crippen LogP contribution in [0.2, 0.25) is 0 Å². The number of hydrogen-bond acceptors (Lipinski definition) is 3. The van der Waals surface area contributed by atoms with Gasteiger partial charge in [0.15, 0.2) is 0 Å². The van der Waals surface area contributed by atoms with Gasteiger partial charge in [-0.15, -0.1) is 0 Å². The molecule has 0 aliphatic carbocycles. The summed E-state index contributed by atoms with van der Waals surface area (Å²) in [6.45, 7) is -1.78. The van der Waals surface area contributed by atoms with Crippen molar-refractivity contribution < 1.29 is 32.5 Å². The van der Waals surface area contributed by atoms with E-state index in [0.29, 0.717) is 0 Å². The third-order valence-electron chi connectivity index (χ3n) is 1.92. The molecular formula is C11H10F3IO4. The lowest BCUT2D eigenvalue weighted by Gasteiger charge is -2.11. The Balaban J connectivity index is 2.47. The predicted octanol–water partition coefficient (Wildman–Crippen LogP) is 2.95. The Hall–Kier alpha value is -1.03. The number of aromatic carboxylic acids is 1. The van der Waals surface area contributed by atoms with Gasteiger partial charge in [-0.05, 0) is 40.8 Å². The molecule has 0 aliphatic heterocycles. The van der Waals surface area contributed by atoms with Crippen LogP contribution in [0.15, 0.2) is 18.2 Å². The van der Waals surface area contributed by atoms with Crippen LogP contribution in [0.1, 0.15) is 10.4 Å². The standard InChI is InChI=1S/C11H10F3IO4/c12-11(13,14)6-18-3-4-19-9-2-1-7(15)5-8(9)10(16)17/h1-2,5H,3-4,6H2,(H,16,17). The lowest BCUT2D eigenvalue weighted by atomic mass is 10.2. The zero-order valence-corrected chi connectivity index (χ0v) is 11.7. The molecule has 0 aliphatic rings. The number of carboxylic acids is 1. The molecule has 0 unspecified atom stereocenters. The Bertz CT molecular complexity index is 448. The first-order valence-corrected chi connectivity index (χ1v) is 6.17. The van der Waals surface area contributed by atoms with Crippen LogP contribution < -0.4 is 4.74 Å². The molecule has 0 saturated carbocycles. The van der Waals surface area contributed by atoms with Crippen molar-refractivity contribution in [3.63, 3.8) is 0 Å². The van der Waals surface area contributed by atoms with E-state index in [1.807, 2.05) is 22.6 Å². The van der Waals surface area contributed by atoms with Crippen LogP contribution in [0.4, 0.5) is 13.2 Å². The van der Waals surface area contributed by atoms with Gasteiger partial charge in [0, 0.05) is 3.57 Å². The van der Waals surface area contributed by atoms with Crippen molar-refractivity contribution >= 4 is 28.6 Å². The molecule has 1 N–H and O–H groups in total. The fourth-order valence-electron chi connectivity index (χ4n) is 1.19. The Morgan fingerprint density at radius 3 is 2.58 bits per heavy atom. The third-order valence-corrected chi connectivity index (χ3v) is 2.59. The highest BCUT2D eigenvalue weighted by Gasteiger charge is 2.27. The van der Waals surface area contributed by atoms with Gasteiger partial charge in [-0.2, -0.15) is 13.2 Å². The van der Waals surface area contributed by atoms with Crippen LogP contribution in [0, 0.1) is 3.57 Å². The molecule has 1 rings (SSSR count). The van der Waals surface area contributed by atoms with Gasteiger partial charge < -0.3 is 14.6 Å². The molecule has 0 heterocycles. The summed E-state index contributed by atoms with van der Waals surface area (Å²) >= 11 is 1.95. The summed E-state index contributed by atoms with van der Waals surface area (Å²) in [5.41, 5.74) is -0.0391. The van der Waals surface area contributed by atoms with E-state index in [-0.39, 0.29) is 24.5 Å². The predicted molar refractivity (Wildman–Crippen MR) is 68.5 cm³/mol. The highest BCUT2D eigenvalue weighted by Crippen LogP contribution is 2.21. The maximum absolute atomic E-state index is 11.8. The topological polar surface area (TPSA) is 55.8 Å². The van der Waals surface area contributed by atoms with E-state index in [4.69, 9.17) is 9.84 Å². The Labute approximate surface area is 120 Å². The smallest absolute Gasteiger partial charge is 0.411 e. The van der Waals surface area contributed by atoms with Crippen LogP contribution in [0.25, 0.3) is 0 Å². The van der Waals surface area contributed by atoms with Crippen molar-refractivity contribution in [3.8, 4) is 5.75 Å². The lowest BCUT2D eigenvalue weighted by molar-refractivity contribution is -0.175. The zero-order valence-electron chi connectivity index (χ0n) is 9.54. The number of alkyl halides is 3. The minimum Gasteiger partial charge on any atom is -0.490 e. The van der Waals surface area contributed by atoms with E-state index in [0.717, 1.165) is 3.57 Å². The molecule has 0 fully saturated rings. The fourth-order valence-corrected chi connectivity index (χ4v) is 1.68. The van der Waals surface area contributed by atoms with Crippen molar-refractivity contribution in [3.05, 3.63) is 27.3 Å². The van der Waals surface area contributed by atoms with Gasteiger partial charge in [-0.3, -0.25) is 0 Å². The Morgan fingerprint density at radius 2 is 2.00 bits per heavy atom. The maximum atomic E-state index is 11.8. The first kappa shape index (κ1) is 16.0. The quantitative estimate of drug-likeness (QED) is 0.600. The van der Waals surface area contributed by atoms with Crippen molar-refractivity contribution in [1.82, 2.24) is 0 Å². The van der Waals surface area contributed by atoms with Crippen LogP contribution in [0.3, 0.4) is 0 Å². The molecule has 1 aromatic rings. The van der Waals surface area contributed by atoms with Crippen molar-refractivity contribution in [2.45, 2.75) is 6.18 Å². The van der Waals surface area contributed by atoms with Crippen LogP contribution in [-0.4, -0.2) is 37.1 Å². The molecule has 0 bridgehead atoms. The summed E-state index contributed by atoms with van der Waals surface area (Å²) in [4.78, 5) is 10.9. The number of carbonyl (C=O) groups is 1. The van der Waals surface area contributed by atoms with Gasteiger partial charge in [0.2, 0.25) is 0 Å². The Morgan fingerprint density at radius 1 is 1.32 bits per heavy atom. The van der Waals surface area contributed by atoms with Gasteiger partial charge >= 0.3 is 12.1 Å². The molecule has 8 heteroatoms. The summed E-state index contributed by atoms with van der Waals surface area (Å²) in [6, 6.07) is 4.50. The number of ether oxygens (including phenoxy) is 2. The molecule has 19 heavy (non-hydrogen) atoms. The largest absolute Gasteiger partial charge is 0.490 e. The van der Waals surface area contributed by atoms with E-state index in [9.17, 15) is 18.0 Å². The van der Waals surface area contributed by atoms with Crippen molar-refractivity contribution in [2.75, 3.05) is 19.8 Å². The van der Waals surface area contributed by atoms with Crippen LogP contribution in [-0.2, 0) is 4.74 Å². The van der Waals surface area contributed by atoms with Gasteiger partial charge in [0.05, 0.1) is 6.61 Å². The van der Waals surface area contributed by atoms with E-state index >= 15 is 0 Å². The minimum atomic E-state index is -4.38. The molecule has 0 amide bonds. The first-order valence-electron chi connectivity index (χ1n) is 5.10. The van der Waals surface area contributed by atoms with E-state index in [1.54, 1.807) is 6.07 Å². The number of carboxylic acid groups (broad SMARTS) is 1. The number of rotatable bonds is 6. The van der Waals surface area contributed by atoms with Gasteiger partial charge in [-0.25, -0.2) is 4.79 Å². The fraction of sp³-hybridized carbons (Fsp3) is 0.364. The average molecular weight is 390 g/mol. The average Bonchev–Trinajstić information content (AvgIpc) is 2.28. The monoisotopic (exact) mass is 390 g/mol. The lowest BCUT2D eigenvalue weighted by Crippen LogP contribution is -2.19. The number of benzene rings is 1. The molecule has 1 aromatic carbocycles. The second-order valence-corrected chi connectivity index (χ2v) is 4.71. The van der Waals surface area contributed by atoms with E-state index < -0.39 is 18.8 Å². The summed E-state index contributed by atoms with van der Waals surface area (Å²) in [6.07, 6.45) is -4.38. The molecule has 0 saturated heterocycles. The van der Waals surface area contributed by atoms with Crippen molar-refractivity contribution in [2.24, 2.45) is 0 Å². The van der Waals surface area contributed by atoms with Gasteiger partial charge in [0.25, 0.3) is 0 Å². The molecule has 106 valence electrons. The molecule has 0 aromatic heterocycles.